The lowest BCUT2D eigenvalue weighted by molar-refractivity contribution is -0.143. The van der Waals surface area contributed by atoms with E-state index in [-0.39, 0.29) is 5.97 Å². The minimum atomic E-state index is -0.0841. The van der Waals surface area contributed by atoms with Gasteiger partial charge in [-0.3, -0.25) is 4.79 Å². The van der Waals surface area contributed by atoms with Gasteiger partial charge in [-0.1, -0.05) is 6.42 Å². The van der Waals surface area contributed by atoms with Crippen molar-refractivity contribution in [2.45, 2.75) is 45.1 Å². The largest absolute Gasteiger partial charge is 0.466 e. The molecule has 4 heteroatoms. The van der Waals surface area contributed by atoms with Crippen molar-refractivity contribution in [3.63, 3.8) is 0 Å². The first-order chi connectivity index (χ1) is 8.63. The van der Waals surface area contributed by atoms with E-state index >= 15 is 0 Å². The van der Waals surface area contributed by atoms with Crippen LogP contribution in [0.3, 0.4) is 0 Å². The van der Waals surface area contributed by atoms with Crippen LogP contribution in [0.15, 0.2) is 0 Å². The molecule has 1 aliphatic heterocycles. The predicted octanol–water partition coefficient (Wildman–Crippen LogP) is 1.75. The van der Waals surface area contributed by atoms with E-state index in [2.05, 4.69) is 23.9 Å². The Morgan fingerprint density at radius 2 is 2.17 bits per heavy atom. The van der Waals surface area contributed by atoms with Crippen LogP contribution in [0.2, 0.25) is 0 Å². The molecule has 4 nitrogen and oxygen atoms in total. The molecule has 0 N–H and O–H groups in total. The van der Waals surface area contributed by atoms with Gasteiger partial charge in [0.15, 0.2) is 0 Å². The summed E-state index contributed by atoms with van der Waals surface area (Å²) in [5.74, 6) is -0.0841. The number of ether oxygens (including phenoxy) is 1. The second kappa shape index (κ2) is 8.48. The van der Waals surface area contributed by atoms with Crippen molar-refractivity contribution in [1.29, 1.82) is 0 Å². The maximum absolute atomic E-state index is 11.2. The second-order valence-corrected chi connectivity index (χ2v) is 5.28. The van der Waals surface area contributed by atoms with Gasteiger partial charge in [-0.05, 0) is 53.4 Å². The van der Waals surface area contributed by atoms with E-state index < -0.39 is 0 Å². The highest BCUT2D eigenvalue weighted by molar-refractivity contribution is 5.69. The number of nitrogens with zero attached hydrogens (tertiary/aromatic N) is 2. The summed E-state index contributed by atoms with van der Waals surface area (Å²) in [4.78, 5) is 16.0. The van der Waals surface area contributed by atoms with Crippen molar-refractivity contribution >= 4 is 5.97 Å². The van der Waals surface area contributed by atoms with Crippen LogP contribution in [0.4, 0.5) is 0 Å². The lowest BCUT2D eigenvalue weighted by Crippen LogP contribution is -2.38. The van der Waals surface area contributed by atoms with Crippen LogP contribution in [0, 0.1) is 0 Å². The van der Waals surface area contributed by atoms with E-state index in [1.165, 1.54) is 32.2 Å². The van der Waals surface area contributed by atoms with Crippen LogP contribution in [0.25, 0.3) is 0 Å². The lowest BCUT2D eigenvalue weighted by Gasteiger charge is -2.33. The molecular weight excluding hydrogens is 228 g/mol. The molecule has 0 aliphatic carbocycles. The maximum atomic E-state index is 11.2. The van der Waals surface area contributed by atoms with Gasteiger partial charge in [0, 0.05) is 12.6 Å². The minimum absolute atomic E-state index is 0.0841. The van der Waals surface area contributed by atoms with Crippen LogP contribution in [-0.4, -0.2) is 62.1 Å². The fourth-order valence-electron chi connectivity index (χ4n) is 2.51. The summed E-state index contributed by atoms with van der Waals surface area (Å²) < 4.78 is 4.93. The van der Waals surface area contributed by atoms with E-state index in [0.717, 1.165) is 19.1 Å². The molecule has 1 atom stereocenters. The van der Waals surface area contributed by atoms with Crippen LogP contribution >= 0.6 is 0 Å². The predicted molar refractivity (Wildman–Crippen MR) is 73.6 cm³/mol. The number of hydrogen-bond acceptors (Lipinski definition) is 4. The number of piperidine rings is 1. The fourth-order valence-corrected chi connectivity index (χ4v) is 2.51. The monoisotopic (exact) mass is 256 g/mol. The molecule has 18 heavy (non-hydrogen) atoms. The molecule has 0 aromatic rings. The molecule has 1 heterocycles. The average Bonchev–Trinajstić information content (AvgIpc) is 2.36. The van der Waals surface area contributed by atoms with Gasteiger partial charge in [-0.25, -0.2) is 0 Å². The van der Waals surface area contributed by atoms with Crippen molar-refractivity contribution in [2.24, 2.45) is 0 Å². The van der Waals surface area contributed by atoms with Crippen molar-refractivity contribution in [1.82, 2.24) is 9.80 Å². The second-order valence-electron chi connectivity index (χ2n) is 5.28. The van der Waals surface area contributed by atoms with E-state index in [9.17, 15) is 4.79 Å². The van der Waals surface area contributed by atoms with Crippen molar-refractivity contribution in [3.8, 4) is 0 Å². The molecule has 0 aromatic carbocycles. The molecule has 0 bridgehead atoms. The summed E-state index contributed by atoms with van der Waals surface area (Å²) in [7, 11) is 4.31. The Bertz CT molecular complexity index is 246. The number of carbonyl (C=O) groups is 1. The third-order valence-electron chi connectivity index (χ3n) is 3.77. The topological polar surface area (TPSA) is 32.8 Å². The first kappa shape index (κ1) is 15.4. The Labute approximate surface area is 111 Å². The first-order valence-electron chi connectivity index (χ1n) is 7.18. The van der Waals surface area contributed by atoms with Gasteiger partial charge in [0.25, 0.3) is 0 Å². The van der Waals surface area contributed by atoms with Gasteiger partial charge >= 0.3 is 5.97 Å². The number of carbonyl (C=O) groups excluding carboxylic acids is 1. The summed E-state index contributed by atoms with van der Waals surface area (Å²) in [6.45, 7) is 5.43. The first-order valence-corrected chi connectivity index (χ1v) is 7.18. The third kappa shape index (κ3) is 5.83. The Morgan fingerprint density at radius 3 is 2.83 bits per heavy atom. The van der Waals surface area contributed by atoms with E-state index in [0.29, 0.717) is 13.0 Å². The molecule has 1 saturated heterocycles. The Balaban J connectivity index is 2.12. The van der Waals surface area contributed by atoms with E-state index in [1.807, 2.05) is 6.92 Å². The molecule has 106 valence electrons. The molecule has 0 aromatic heterocycles. The number of rotatable bonds is 7. The highest BCUT2D eigenvalue weighted by Crippen LogP contribution is 2.17. The summed E-state index contributed by atoms with van der Waals surface area (Å²) in [6.07, 6.45) is 5.73. The number of likely N-dealkylation sites (tertiary alicyclic amines) is 1. The standard InChI is InChI=1S/C14H28N2O2/c1-4-18-14(17)9-12-15(2)11-8-13-7-5-6-10-16(13)3/h13H,4-12H2,1-3H3. The van der Waals surface area contributed by atoms with Gasteiger partial charge in [0.05, 0.1) is 13.0 Å². The van der Waals surface area contributed by atoms with Gasteiger partial charge in [0.1, 0.15) is 0 Å². The zero-order valence-corrected chi connectivity index (χ0v) is 12.2. The van der Waals surface area contributed by atoms with Crippen molar-refractivity contribution in [2.75, 3.05) is 40.3 Å². The summed E-state index contributed by atoms with van der Waals surface area (Å²) >= 11 is 0. The zero-order chi connectivity index (χ0) is 13.4. The van der Waals surface area contributed by atoms with Crippen LogP contribution in [0.1, 0.15) is 39.0 Å². The Morgan fingerprint density at radius 1 is 1.39 bits per heavy atom. The highest BCUT2D eigenvalue weighted by atomic mass is 16.5. The average molecular weight is 256 g/mol. The van der Waals surface area contributed by atoms with Gasteiger partial charge < -0.3 is 14.5 Å². The number of hydrogen-bond donors (Lipinski definition) is 0. The fraction of sp³-hybridized carbons (Fsp3) is 0.929. The zero-order valence-electron chi connectivity index (χ0n) is 12.2. The lowest BCUT2D eigenvalue weighted by atomic mass is 10.00. The van der Waals surface area contributed by atoms with Gasteiger partial charge in [0.2, 0.25) is 0 Å². The third-order valence-corrected chi connectivity index (χ3v) is 3.77. The number of esters is 1. The summed E-state index contributed by atoms with van der Waals surface area (Å²) in [5, 5.41) is 0. The molecule has 1 aliphatic rings. The molecule has 0 saturated carbocycles. The Hall–Kier alpha value is -0.610. The molecule has 0 spiro atoms. The Kier molecular flexibility index (Phi) is 7.28. The van der Waals surface area contributed by atoms with Gasteiger partial charge in [-0.15, -0.1) is 0 Å². The maximum Gasteiger partial charge on any atom is 0.307 e. The summed E-state index contributed by atoms with van der Waals surface area (Å²) in [5.41, 5.74) is 0. The van der Waals surface area contributed by atoms with Crippen molar-refractivity contribution in [3.05, 3.63) is 0 Å². The smallest absolute Gasteiger partial charge is 0.307 e. The van der Waals surface area contributed by atoms with Gasteiger partial charge in [-0.2, -0.15) is 0 Å². The van der Waals surface area contributed by atoms with Crippen LogP contribution in [0.5, 0.6) is 0 Å². The van der Waals surface area contributed by atoms with Crippen LogP contribution < -0.4 is 0 Å². The van der Waals surface area contributed by atoms with E-state index in [1.54, 1.807) is 0 Å². The van der Waals surface area contributed by atoms with Crippen molar-refractivity contribution < 1.29 is 9.53 Å². The normalized spacial score (nSPS) is 21.2. The van der Waals surface area contributed by atoms with Crippen LogP contribution in [-0.2, 0) is 9.53 Å². The van der Waals surface area contributed by atoms with E-state index in [4.69, 9.17) is 4.74 Å². The SMILES string of the molecule is CCOC(=O)CCN(C)CCC1CCCCN1C. The molecule has 0 amide bonds. The molecule has 1 rings (SSSR count). The quantitative estimate of drug-likeness (QED) is 0.650. The molecule has 1 unspecified atom stereocenters. The highest BCUT2D eigenvalue weighted by Gasteiger charge is 2.18. The molecule has 1 fully saturated rings. The minimum Gasteiger partial charge on any atom is -0.466 e. The molecular formula is C14H28N2O2. The summed E-state index contributed by atoms with van der Waals surface area (Å²) in [6, 6.07) is 0.726. The molecule has 0 radical (unpaired) electrons.